The van der Waals surface area contributed by atoms with Gasteiger partial charge in [-0.2, -0.15) is 0 Å². The molecule has 9 heavy (non-hydrogen) atoms. The summed E-state index contributed by atoms with van der Waals surface area (Å²) in [7, 11) is 0. The minimum atomic E-state index is -1.42. The molecule has 1 aliphatic carbocycles. The largest absolute Gasteiger partial charge is 0.387 e. The zero-order valence-electron chi connectivity index (χ0n) is 4.74. The van der Waals surface area contributed by atoms with Crippen molar-refractivity contribution in [2.45, 2.75) is 23.9 Å². The van der Waals surface area contributed by atoms with Crippen LogP contribution >= 0.6 is 0 Å². The zero-order chi connectivity index (χ0) is 6.70. The number of ether oxygens (including phenoxy) is 1. The molecule has 2 rings (SSSR count). The van der Waals surface area contributed by atoms with Gasteiger partial charge in [0.05, 0.1) is 6.61 Å². The summed E-state index contributed by atoms with van der Waals surface area (Å²) in [4.78, 5) is 0. The van der Waals surface area contributed by atoms with Crippen LogP contribution in [0.2, 0.25) is 0 Å². The first-order chi connectivity index (χ1) is 4.08. The predicted molar refractivity (Wildman–Crippen MR) is 26.5 cm³/mol. The number of hydrogen-bond acceptors (Lipinski definition) is 4. The molecule has 2 aliphatic rings. The molecular formula is C5H8O4. The summed E-state index contributed by atoms with van der Waals surface area (Å²) < 4.78 is 4.69. The molecule has 4 heteroatoms. The van der Waals surface area contributed by atoms with Crippen molar-refractivity contribution in [3.05, 3.63) is 0 Å². The average Bonchev–Trinajstić information content (AvgIpc) is 2.26. The summed E-state index contributed by atoms with van der Waals surface area (Å²) in [5.74, 6) is -1.42. The second-order valence-electron chi connectivity index (χ2n) is 2.71. The van der Waals surface area contributed by atoms with Gasteiger partial charge in [-0.25, -0.2) is 0 Å². The molecule has 1 saturated heterocycles. The molecule has 0 spiro atoms. The van der Waals surface area contributed by atoms with Crippen LogP contribution in [0.3, 0.4) is 0 Å². The van der Waals surface area contributed by atoms with E-state index < -0.39 is 17.5 Å². The van der Waals surface area contributed by atoms with Gasteiger partial charge in [0.15, 0.2) is 5.60 Å². The van der Waals surface area contributed by atoms with Gasteiger partial charge in [0.1, 0.15) is 6.10 Å². The van der Waals surface area contributed by atoms with Gasteiger partial charge in [-0.05, 0) is 0 Å². The number of fused-ring (bicyclic) bond motifs is 1. The van der Waals surface area contributed by atoms with Gasteiger partial charge in [0, 0.05) is 6.42 Å². The first-order valence-electron chi connectivity index (χ1n) is 2.85. The van der Waals surface area contributed by atoms with Crippen molar-refractivity contribution < 1.29 is 20.1 Å². The van der Waals surface area contributed by atoms with E-state index in [2.05, 4.69) is 4.74 Å². The van der Waals surface area contributed by atoms with Crippen molar-refractivity contribution >= 4 is 0 Å². The lowest BCUT2D eigenvalue weighted by molar-refractivity contribution is -0.126. The lowest BCUT2D eigenvalue weighted by atomic mass is 10.2. The van der Waals surface area contributed by atoms with Crippen LogP contribution in [0.4, 0.5) is 0 Å². The normalized spacial score (nSPS) is 63.7. The fraction of sp³-hybridized carbons (Fsp3) is 1.00. The van der Waals surface area contributed by atoms with E-state index in [4.69, 9.17) is 10.2 Å². The molecule has 0 aromatic rings. The minimum absolute atomic E-state index is 0.0347. The summed E-state index contributed by atoms with van der Waals surface area (Å²) in [6.07, 6.45) is -0.774. The number of hydrogen-bond donors (Lipinski definition) is 3. The van der Waals surface area contributed by atoms with Crippen molar-refractivity contribution in [1.29, 1.82) is 0 Å². The summed E-state index contributed by atoms with van der Waals surface area (Å²) in [5, 5.41) is 27.2. The number of aliphatic hydroxyl groups excluding tert-OH is 1. The summed E-state index contributed by atoms with van der Waals surface area (Å²) in [6, 6.07) is 0. The average molecular weight is 132 g/mol. The molecule has 0 unspecified atom stereocenters. The Morgan fingerprint density at radius 3 is 2.22 bits per heavy atom. The van der Waals surface area contributed by atoms with E-state index in [0.29, 0.717) is 0 Å². The van der Waals surface area contributed by atoms with Crippen molar-refractivity contribution in [2.24, 2.45) is 0 Å². The van der Waals surface area contributed by atoms with Crippen LogP contribution in [0.15, 0.2) is 0 Å². The lowest BCUT2D eigenvalue weighted by Gasteiger charge is -2.06. The van der Waals surface area contributed by atoms with Crippen LogP contribution in [0, 0.1) is 0 Å². The Kier molecular flexibility index (Phi) is 0.719. The van der Waals surface area contributed by atoms with Crippen molar-refractivity contribution in [3.8, 4) is 0 Å². The first-order valence-corrected chi connectivity index (χ1v) is 2.85. The van der Waals surface area contributed by atoms with E-state index in [1.54, 1.807) is 0 Å². The van der Waals surface area contributed by atoms with E-state index in [1.165, 1.54) is 0 Å². The maximum Gasteiger partial charge on any atom is 0.200 e. The molecule has 0 amide bonds. The third-order valence-electron chi connectivity index (χ3n) is 2.09. The lowest BCUT2D eigenvalue weighted by Crippen LogP contribution is -2.30. The molecule has 3 atom stereocenters. The molecule has 0 aromatic carbocycles. The second kappa shape index (κ2) is 1.15. The molecule has 2 fully saturated rings. The summed E-state index contributed by atoms with van der Waals surface area (Å²) >= 11 is 0. The Labute approximate surface area is 51.7 Å². The van der Waals surface area contributed by atoms with Gasteiger partial charge >= 0.3 is 0 Å². The topological polar surface area (TPSA) is 69.9 Å². The molecule has 1 saturated carbocycles. The Hall–Kier alpha value is -0.160. The van der Waals surface area contributed by atoms with Gasteiger partial charge in [-0.3, -0.25) is 0 Å². The van der Waals surface area contributed by atoms with Crippen molar-refractivity contribution in [1.82, 2.24) is 0 Å². The standard InChI is InChI=1S/C5H8O4/c6-3-1-9-5(8)2-4(3,5)7/h3,6-8H,1-2H2/t3-,4+,5-/m1/s1. The monoisotopic (exact) mass is 132 g/mol. The maximum absolute atomic E-state index is 9.17. The third-order valence-corrected chi connectivity index (χ3v) is 2.09. The fourth-order valence-corrected chi connectivity index (χ4v) is 1.23. The molecule has 1 heterocycles. The van der Waals surface area contributed by atoms with Crippen molar-refractivity contribution in [3.63, 3.8) is 0 Å². The predicted octanol–water partition coefficient (Wildman–Crippen LogP) is -1.80. The maximum atomic E-state index is 9.17. The minimum Gasteiger partial charge on any atom is -0.387 e. The van der Waals surface area contributed by atoms with E-state index in [9.17, 15) is 5.11 Å². The van der Waals surface area contributed by atoms with E-state index in [1.807, 2.05) is 0 Å². The molecular weight excluding hydrogens is 124 g/mol. The Bertz CT molecular complexity index is 155. The highest BCUT2D eigenvalue weighted by molar-refractivity contribution is 5.20. The molecule has 1 aliphatic heterocycles. The van der Waals surface area contributed by atoms with Crippen LogP contribution in [0.1, 0.15) is 6.42 Å². The van der Waals surface area contributed by atoms with Crippen LogP contribution in [0.25, 0.3) is 0 Å². The second-order valence-corrected chi connectivity index (χ2v) is 2.71. The fourth-order valence-electron chi connectivity index (χ4n) is 1.23. The zero-order valence-corrected chi connectivity index (χ0v) is 4.74. The number of aliphatic hydroxyl groups is 3. The highest BCUT2D eigenvalue weighted by Gasteiger charge is 2.76. The van der Waals surface area contributed by atoms with Crippen LogP contribution in [0.5, 0.6) is 0 Å². The SMILES string of the molecule is O[C@@H]1CO[C@]2(O)C[C@]12O. The smallest absolute Gasteiger partial charge is 0.200 e. The van der Waals surface area contributed by atoms with Crippen LogP contribution in [-0.2, 0) is 4.74 Å². The van der Waals surface area contributed by atoms with Gasteiger partial charge in [-0.15, -0.1) is 0 Å². The molecule has 4 nitrogen and oxygen atoms in total. The van der Waals surface area contributed by atoms with Crippen LogP contribution < -0.4 is 0 Å². The molecule has 3 N–H and O–H groups in total. The van der Waals surface area contributed by atoms with E-state index in [-0.39, 0.29) is 13.0 Å². The summed E-state index contributed by atoms with van der Waals surface area (Å²) in [5.41, 5.74) is -1.35. The van der Waals surface area contributed by atoms with Gasteiger partial charge in [0.2, 0.25) is 5.79 Å². The Morgan fingerprint density at radius 2 is 2.11 bits per heavy atom. The van der Waals surface area contributed by atoms with Gasteiger partial charge in [-0.1, -0.05) is 0 Å². The summed E-state index contributed by atoms with van der Waals surface area (Å²) in [6.45, 7) is 0.0347. The quantitative estimate of drug-likeness (QED) is 0.364. The Balaban J connectivity index is 2.27. The highest BCUT2D eigenvalue weighted by Crippen LogP contribution is 2.55. The molecule has 0 radical (unpaired) electrons. The Morgan fingerprint density at radius 1 is 1.44 bits per heavy atom. The highest BCUT2D eigenvalue weighted by atomic mass is 16.7. The third kappa shape index (κ3) is 0.433. The number of rotatable bonds is 0. The first kappa shape index (κ1) is 5.61. The molecule has 0 bridgehead atoms. The van der Waals surface area contributed by atoms with Crippen LogP contribution in [-0.4, -0.2) is 39.4 Å². The van der Waals surface area contributed by atoms with E-state index in [0.717, 1.165) is 0 Å². The van der Waals surface area contributed by atoms with Crippen molar-refractivity contribution in [2.75, 3.05) is 6.61 Å². The van der Waals surface area contributed by atoms with E-state index >= 15 is 0 Å². The van der Waals surface area contributed by atoms with Gasteiger partial charge < -0.3 is 20.1 Å². The van der Waals surface area contributed by atoms with Gasteiger partial charge in [0.25, 0.3) is 0 Å². The molecule has 52 valence electrons. The molecule has 0 aromatic heterocycles.